The number of aliphatic hydroxyl groups is 1. The molecule has 2 rings (SSSR count). The summed E-state index contributed by atoms with van der Waals surface area (Å²) in [4.78, 5) is 1.37. The maximum absolute atomic E-state index is 9.19. The number of nitrogens with zero attached hydrogens (tertiary/aromatic N) is 1. The summed E-state index contributed by atoms with van der Waals surface area (Å²) >= 11 is 1.79. The van der Waals surface area contributed by atoms with Crippen LogP contribution < -0.4 is 5.32 Å². The number of aliphatic hydroxyl groups excluding tert-OH is 1. The zero-order chi connectivity index (χ0) is 12.8. The van der Waals surface area contributed by atoms with Gasteiger partial charge in [0, 0.05) is 23.3 Å². The number of hydrogen-bond donors (Lipinski definition) is 2. The van der Waals surface area contributed by atoms with Gasteiger partial charge in [-0.25, -0.2) is 0 Å². The van der Waals surface area contributed by atoms with E-state index in [0.29, 0.717) is 0 Å². The first-order valence-electron chi connectivity index (χ1n) is 6.31. The SMILES string of the molecule is CC(O)CCNCc1cccn1Cc1cccs1. The van der Waals surface area contributed by atoms with Crippen molar-refractivity contribution >= 4 is 11.3 Å². The van der Waals surface area contributed by atoms with Gasteiger partial charge in [0.2, 0.25) is 0 Å². The number of aromatic nitrogens is 1. The molecular weight excluding hydrogens is 244 g/mol. The largest absolute Gasteiger partial charge is 0.393 e. The lowest BCUT2D eigenvalue weighted by molar-refractivity contribution is 0.183. The summed E-state index contributed by atoms with van der Waals surface area (Å²) in [6.07, 6.45) is 2.69. The zero-order valence-corrected chi connectivity index (χ0v) is 11.5. The Balaban J connectivity index is 1.84. The molecule has 0 aromatic carbocycles. The van der Waals surface area contributed by atoms with Crippen LogP contribution in [0.15, 0.2) is 35.8 Å². The van der Waals surface area contributed by atoms with Gasteiger partial charge < -0.3 is 15.0 Å². The van der Waals surface area contributed by atoms with Crippen molar-refractivity contribution in [2.75, 3.05) is 6.54 Å². The van der Waals surface area contributed by atoms with Crippen LogP contribution in [0.5, 0.6) is 0 Å². The molecule has 0 saturated heterocycles. The first-order chi connectivity index (χ1) is 8.75. The third-order valence-electron chi connectivity index (χ3n) is 2.87. The molecule has 1 unspecified atom stereocenters. The Bertz CT molecular complexity index is 448. The second kappa shape index (κ2) is 6.73. The highest BCUT2D eigenvalue weighted by Crippen LogP contribution is 2.12. The first kappa shape index (κ1) is 13.3. The van der Waals surface area contributed by atoms with E-state index in [0.717, 1.165) is 26.1 Å². The Kier molecular flexibility index (Phi) is 4.99. The molecule has 0 aliphatic heterocycles. The first-order valence-corrected chi connectivity index (χ1v) is 7.19. The average Bonchev–Trinajstić information content (AvgIpc) is 2.97. The summed E-state index contributed by atoms with van der Waals surface area (Å²) in [7, 11) is 0. The van der Waals surface area contributed by atoms with Crippen LogP contribution in [0.3, 0.4) is 0 Å². The molecule has 98 valence electrons. The normalized spacial score (nSPS) is 12.8. The molecule has 4 heteroatoms. The predicted octanol–water partition coefficient (Wildman–Crippen LogP) is 2.46. The van der Waals surface area contributed by atoms with Gasteiger partial charge in [0.25, 0.3) is 0 Å². The highest BCUT2D eigenvalue weighted by Gasteiger charge is 2.02. The highest BCUT2D eigenvalue weighted by atomic mass is 32.1. The van der Waals surface area contributed by atoms with Crippen LogP contribution in [0, 0.1) is 0 Å². The second-order valence-corrected chi connectivity index (χ2v) is 5.55. The summed E-state index contributed by atoms with van der Waals surface area (Å²) in [6.45, 7) is 4.46. The number of thiophene rings is 1. The van der Waals surface area contributed by atoms with Crippen molar-refractivity contribution in [3.8, 4) is 0 Å². The fourth-order valence-corrected chi connectivity index (χ4v) is 2.56. The lowest BCUT2D eigenvalue weighted by atomic mass is 10.3. The monoisotopic (exact) mass is 264 g/mol. The molecule has 2 heterocycles. The standard InChI is InChI=1S/C14H20N2OS/c1-12(17)6-7-15-10-13-4-2-8-16(13)11-14-5-3-9-18-14/h2-5,8-9,12,15,17H,6-7,10-11H2,1H3. The summed E-state index contributed by atoms with van der Waals surface area (Å²) < 4.78 is 2.27. The van der Waals surface area contributed by atoms with Crippen molar-refractivity contribution in [3.63, 3.8) is 0 Å². The summed E-state index contributed by atoms with van der Waals surface area (Å²) in [5, 5.41) is 14.7. The van der Waals surface area contributed by atoms with Gasteiger partial charge in [-0.05, 0) is 43.5 Å². The molecule has 0 saturated carbocycles. The van der Waals surface area contributed by atoms with E-state index in [-0.39, 0.29) is 6.10 Å². The van der Waals surface area contributed by atoms with Gasteiger partial charge in [-0.3, -0.25) is 0 Å². The van der Waals surface area contributed by atoms with E-state index in [1.165, 1.54) is 10.6 Å². The van der Waals surface area contributed by atoms with Gasteiger partial charge in [-0.15, -0.1) is 11.3 Å². The molecule has 0 fully saturated rings. The molecule has 2 aromatic rings. The Labute approximate surface area is 112 Å². The lowest BCUT2D eigenvalue weighted by Gasteiger charge is -2.10. The molecular formula is C14H20N2OS. The van der Waals surface area contributed by atoms with Gasteiger partial charge in [0.1, 0.15) is 0 Å². The second-order valence-electron chi connectivity index (χ2n) is 4.52. The van der Waals surface area contributed by atoms with Crippen molar-refractivity contribution in [2.45, 2.75) is 32.5 Å². The van der Waals surface area contributed by atoms with Crippen molar-refractivity contribution in [3.05, 3.63) is 46.4 Å². The summed E-state index contributed by atoms with van der Waals surface area (Å²) in [5.41, 5.74) is 1.29. The third-order valence-corrected chi connectivity index (χ3v) is 3.74. The van der Waals surface area contributed by atoms with Crippen LogP contribution in [0.25, 0.3) is 0 Å². The van der Waals surface area contributed by atoms with Gasteiger partial charge >= 0.3 is 0 Å². The lowest BCUT2D eigenvalue weighted by Crippen LogP contribution is -2.20. The van der Waals surface area contributed by atoms with Crippen molar-refractivity contribution < 1.29 is 5.11 Å². The predicted molar refractivity (Wildman–Crippen MR) is 75.9 cm³/mol. The van der Waals surface area contributed by atoms with E-state index in [9.17, 15) is 5.11 Å². The summed E-state index contributed by atoms with van der Waals surface area (Å²) in [5.74, 6) is 0. The third kappa shape index (κ3) is 3.98. The Hall–Kier alpha value is -1.10. The van der Waals surface area contributed by atoms with Crippen LogP contribution >= 0.6 is 11.3 Å². The Morgan fingerprint density at radius 2 is 2.28 bits per heavy atom. The number of rotatable bonds is 7. The maximum atomic E-state index is 9.19. The van der Waals surface area contributed by atoms with E-state index in [4.69, 9.17) is 0 Å². The van der Waals surface area contributed by atoms with E-state index in [2.05, 4.69) is 45.7 Å². The molecule has 0 aliphatic rings. The minimum absolute atomic E-state index is 0.226. The quantitative estimate of drug-likeness (QED) is 0.754. The minimum atomic E-state index is -0.226. The Morgan fingerprint density at radius 3 is 3.00 bits per heavy atom. The molecule has 3 nitrogen and oxygen atoms in total. The topological polar surface area (TPSA) is 37.2 Å². The van der Waals surface area contributed by atoms with Gasteiger partial charge in [0.05, 0.1) is 12.6 Å². The fraction of sp³-hybridized carbons (Fsp3) is 0.429. The van der Waals surface area contributed by atoms with E-state index < -0.39 is 0 Å². The van der Waals surface area contributed by atoms with E-state index in [1.807, 2.05) is 6.92 Å². The van der Waals surface area contributed by atoms with Gasteiger partial charge in [-0.2, -0.15) is 0 Å². The minimum Gasteiger partial charge on any atom is -0.393 e. The average molecular weight is 264 g/mol. The molecule has 2 aromatic heterocycles. The van der Waals surface area contributed by atoms with Crippen LogP contribution in [-0.2, 0) is 13.1 Å². The molecule has 0 radical (unpaired) electrons. The maximum Gasteiger partial charge on any atom is 0.0566 e. The van der Waals surface area contributed by atoms with Crippen molar-refractivity contribution in [1.29, 1.82) is 0 Å². The molecule has 0 aliphatic carbocycles. The summed E-state index contributed by atoms with van der Waals surface area (Å²) in [6, 6.07) is 8.47. The number of nitrogens with one attached hydrogen (secondary N) is 1. The molecule has 0 spiro atoms. The van der Waals surface area contributed by atoms with E-state index in [1.54, 1.807) is 11.3 Å². The van der Waals surface area contributed by atoms with Gasteiger partial charge in [-0.1, -0.05) is 6.07 Å². The highest BCUT2D eigenvalue weighted by molar-refractivity contribution is 7.09. The number of hydrogen-bond acceptors (Lipinski definition) is 3. The van der Waals surface area contributed by atoms with Crippen LogP contribution in [0.4, 0.5) is 0 Å². The van der Waals surface area contributed by atoms with Crippen molar-refractivity contribution in [1.82, 2.24) is 9.88 Å². The molecule has 0 bridgehead atoms. The van der Waals surface area contributed by atoms with Crippen molar-refractivity contribution in [2.24, 2.45) is 0 Å². The molecule has 18 heavy (non-hydrogen) atoms. The molecule has 1 atom stereocenters. The zero-order valence-electron chi connectivity index (χ0n) is 10.7. The smallest absolute Gasteiger partial charge is 0.0566 e. The van der Waals surface area contributed by atoms with E-state index >= 15 is 0 Å². The molecule has 0 amide bonds. The van der Waals surface area contributed by atoms with Crippen LogP contribution in [0.1, 0.15) is 23.9 Å². The van der Waals surface area contributed by atoms with Crippen LogP contribution in [0.2, 0.25) is 0 Å². The fourth-order valence-electron chi connectivity index (χ4n) is 1.86. The van der Waals surface area contributed by atoms with Gasteiger partial charge in [0.15, 0.2) is 0 Å². The Morgan fingerprint density at radius 1 is 1.39 bits per heavy atom. The molecule has 2 N–H and O–H groups in total. The van der Waals surface area contributed by atoms with Crippen LogP contribution in [-0.4, -0.2) is 22.3 Å².